The molecule has 2 nitrogen and oxygen atoms in total. The lowest BCUT2D eigenvalue weighted by Gasteiger charge is -2.40. The summed E-state index contributed by atoms with van der Waals surface area (Å²) in [6.45, 7) is 9.81. The van der Waals surface area contributed by atoms with Gasteiger partial charge in [-0.25, -0.2) is 0 Å². The van der Waals surface area contributed by atoms with Crippen molar-refractivity contribution in [3.8, 4) is 0 Å². The lowest BCUT2D eigenvalue weighted by molar-refractivity contribution is 0.0811. The molecule has 1 fully saturated rings. The van der Waals surface area contributed by atoms with Gasteiger partial charge in [-0.2, -0.15) is 0 Å². The van der Waals surface area contributed by atoms with Crippen LogP contribution in [0.25, 0.3) is 0 Å². The van der Waals surface area contributed by atoms with E-state index in [1.165, 1.54) is 58.3 Å². The van der Waals surface area contributed by atoms with Crippen molar-refractivity contribution in [2.45, 2.75) is 52.0 Å². The van der Waals surface area contributed by atoms with Crippen molar-refractivity contribution in [3.05, 3.63) is 11.6 Å². The first-order valence-corrected chi connectivity index (χ1v) is 7.81. The Hall–Kier alpha value is -0.340. The van der Waals surface area contributed by atoms with Gasteiger partial charge in [0, 0.05) is 32.2 Å². The maximum absolute atomic E-state index is 2.76. The highest BCUT2D eigenvalue weighted by molar-refractivity contribution is 5.07. The second kappa shape index (κ2) is 6.72. The number of rotatable bonds is 3. The number of piperazine rings is 1. The molecule has 0 spiro atoms. The third-order valence-electron chi connectivity index (χ3n) is 4.71. The Morgan fingerprint density at radius 3 is 2.61 bits per heavy atom. The van der Waals surface area contributed by atoms with Crippen LogP contribution in [0, 0.1) is 5.92 Å². The van der Waals surface area contributed by atoms with Gasteiger partial charge in [0.1, 0.15) is 0 Å². The Labute approximate surface area is 113 Å². The quantitative estimate of drug-likeness (QED) is 0.710. The Morgan fingerprint density at radius 1 is 1.22 bits per heavy atom. The summed E-state index contributed by atoms with van der Waals surface area (Å²) in [5.74, 6) is 0.841. The van der Waals surface area contributed by atoms with E-state index in [0.717, 1.165) is 12.0 Å². The molecule has 0 aromatic carbocycles. The molecule has 1 unspecified atom stereocenters. The van der Waals surface area contributed by atoms with Crippen LogP contribution in [0.3, 0.4) is 0 Å². The Kier molecular flexibility index (Phi) is 5.25. The van der Waals surface area contributed by atoms with Crippen LogP contribution in [0.4, 0.5) is 0 Å². The van der Waals surface area contributed by atoms with Gasteiger partial charge in [0.2, 0.25) is 0 Å². The zero-order chi connectivity index (χ0) is 13.0. The van der Waals surface area contributed by atoms with E-state index in [1.54, 1.807) is 5.57 Å². The van der Waals surface area contributed by atoms with Gasteiger partial charge in [0.25, 0.3) is 0 Å². The summed E-state index contributed by atoms with van der Waals surface area (Å²) in [6, 6.07) is 0.823. The predicted molar refractivity (Wildman–Crippen MR) is 78.9 cm³/mol. The molecule has 0 aromatic heterocycles. The second-order valence-corrected chi connectivity index (χ2v) is 6.28. The lowest BCUT2D eigenvalue weighted by Crippen LogP contribution is -2.50. The maximum atomic E-state index is 2.76. The van der Waals surface area contributed by atoms with Crippen molar-refractivity contribution in [2.24, 2.45) is 5.92 Å². The van der Waals surface area contributed by atoms with Crippen molar-refractivity contribution >= 4 is 0 Å². The molecule has 1 saturated heterocycles. The van der Waals surface area contributed by atoms with Crippen molar-refractivity contribution in [2.75, 3.05) is 33.2 Å². The first-order chi connectivity index (χ1) is 8.70. The predicted octanol–water partition coefficient (Wildman–Crippen LogP) is 3.15. The molecule has 0 N–H and O–H groups in total. The Morgan fingerprint density at radius 2 is 1.94 bits per heavy atom. The van der Waals surface area contributed by atoms with E-state index in [-0.39, 0.29) is 0 Å². The molecule has 1 aliphatic carbocycles. The number of hydrogen-bond acceptors (Lipinski definition) is 2. The van der Waals surface area contributed by atoms with Gasteiger partial charge >= 0.3 is 0 Å². The van der Waals surface area contributed by atoms with E-state index in [1.807, 2.05) is 0 Å². The molecule has 0 amide bonds. The van der Waals surface area contributed by atoms with Crippen LogP contribution in [0.15, 0.2) is 11.6 Å². The average molecular weight is 250 g/mol. The monoisotopic (exact) mass is 250 g/mol. The molecule has 0 bridgehead atoms. The van der Waals surface area contributed by atoms with Gasteiger partial charge in [-0.1, -0.05) is 31.9 Å². The van der Waals surface area contributed by atoms with Crippen molar-refractivity contribution in [1.29, 1.82) is 0 Å². The molecule has 18 heavy (non-hydrogen) atoms. The zero-order valence-electron chi connectivity index (χ0n) is 12.5. The average Bonchev–Trinajstić information content (AvgIpc) is 2.53. The van der Waals surface area contributed by atoms with Gasteiger partial charge in [-0.3, -0.25) is 4.90 Å². The molecule has 1 aliphatic heterocycles. The molecule has 0 saturated carbocycles. The fourth-order valence-corrected chi connectivity index (χ4v) is 3.60. The maximum Gasteiger partial charge on any atom is 0.0128 e. The van der Waals surface area contributed by atoms with E-state index in [4.69, 9.17) is 0 Å². The standard InChI is InChI=1S/C16H30N2/c1-4-6-15-7-5-8-16(14(2)13-15)18-11-9-17(3)10-12-18/h7,14,16H,4-6,8-13H2,1-3H3/t14-,16?/m1/s1. The first-order valence-electron chi connectivity index (χ1n) is 7.81. The highest BCUT2D eigenvalue weighted by Gasteiger charge is 2.28. The minimum absolute atomic E-state index is 0.823. The number of hydrogen-bond donors (Lipinski definition) is 0. The van der Waals surface area contributed by atoms with E-state index >= 15 is 0 Å². The fourth-order valence-electron chi connectivity index (χ4n) is 3.60. The summed E-state index contributed by atoms with van der Waals surface area (Å²) in [7, 11) is 2.24. The third kappa shape index (κ3) is 3.58. The number of allylic oxidation sites excluding steroid dienone is 2. The Balaban J connectivity index is 1.91. The van der Waals surface area contributed by atoms with E-state index < -0.39 is 0 Å². The van der Waals surface area contributed by atoms with Gasteiger partial charge in [-0.15, -0.1) is 0 Å². The van der Waals surface area contributed by atoms with Crippen molar-refractivity contribution < 1.29 is 0 Å². The summed E-state index contributed by atoms with van der Waals surface area (Å²) < 4.78 is 0. The summed E-state index contributed by atoms with van der Waals surface area (Å²) in [4.78, 5) is 5.21. The zero-order valence-corrected chi connectivity index (χ0v) is 12.5. The molecule has 2 aliphatic rings. The molecule has 104 valence electrons. The second-order valence-electron chi connectivity index (χ2n) is 6.28. The van der Waals surface area contributed by atoms with Crippen LogP contribution in [0.1, 0.15) is 46.0 Å². The van der Waals surface area contributed by atoms with E-state index in [9.17, 15) is 0 Å². The molecule has 2 heteroatoms. The van der Waals surface area contributed by atoms with Crippen LogP contribution in [0.5, 0.6) is 0 Å². The lowest BCUT2D eigenvalue weighted by atomic mass is 9.91. The van der Waals surface area contributed by atoms with Crippen LogP contribution in [-0.2, 0) is 0 Å². The normalized spacial score (nSPS) is 32.1. The molecular weight excluding hydrogens is 220 g/mol. The first kappa shape index (κ1) is 14.1. The van der Waals surface area contributed by atoms with Crippen LogP contribution >= 0.6 is 0 Å². The minimum Gasteiger partial charge on any atom is -0.304 e. The Bertz CT molecular complexity index is 277. The molecule has 2 atom stereocenters. The largest absolute Gasteiger partial charge is 0.304 e. The van der Waals surface area contributed by atoms with Gasteiger partial charge in [0.05, 0.1) is 0 Å². The number of nitrogens with zero attached hydrogens (tertiary/aromatic N) is 2. The van der Waals surface area contributed by atoms with Gasteiger partial charge in [0.15, 0.2) is 0 Å². The minimum atomic E-state index is 0.823. The summed E-state index contributed by atoms with van der Waals surface area (Å²) in [6.07, 6.45) is 9.17. The molecule has 0 aromatic rings. The third-order valence-corrected chi connectivity index (χ3v) is 4.71. The highest BCUT2D eigenvalue weighted by atomic mass is 15.3. The molecule has 1 heterocycles. The molecule has 0 radical (unpaired) electrons. The van der Waals surface area contributed by atoms with Crippen molar-refractivity contribution in [1.82, 2.24) is 9.80 Å². The van der Waals surface area contributed by atoms with E-state index in [2.05, 4.69) is 36.8 Å². The van der Waals surface area contributed by atoms with Crippen LogP contribution < -0.4 is 0 Å². The molecule has 2 rings (SSSR count). The van der Waals surface area contributed by atoms with Crippen LogP contribution in [0.2, 0.25) is 0 Å². The van der Waals surface area contributed by atoms with Gasteiger partial charge in [-0.05, 0) is 38.6 Å². The molecular formula is C16H30N2. The summed E-state index contributed by atoms with van der Waals surface area (Å²) in [5.41, 5.74) is 1.72. The van der Waals surface area contributed by atoms with Crippen molar-refractivity contribution in [3.63, 3.8) is 0 Å². The van der Waals surface area contributed by atoms with E-state index in [0.29, 0.717) is 0 Å². The smallest absolute Gasteiger partial charge is 0.0128 e. The van der Waals surface area contributed by atoms with Gasteiger partial charge < -0.3 is 4.90 Å². The topological polar surface area (TPSA) is 6.48 Å². The highest BCUT2D eigenvalue weighted by Crippen LogP contribution is 2.29. The SMILES string of the molecule is CCCC1=CCCC(N2CCN(C)CC2)[C@H](C)C1. The fraction of sp³-hybridized carbons (Fsp3) is 0.875. The summed E-state index contributed by atoms with van der Waals surface area (Å²) >= 11 is 0. The number of likely N-dealkylation sites (N-methyl/N-ethyl adjacent to an activating group) is 1. The van der Waals surface area contributed by atoms with Crippen LogP contribution in [-0.4, -0.2) is 49.1 Å². The summed E-state index contributed by atoms with van der Waals surface area (Å²) in [5, 5.41) is 0.